The van der Waals surface area contributed by atoms with Crippen LogP contribution in [-0.4, -0.2) is 42.8 Å². The van der Waals surface area contributed by atoms with Crippen LogP contribution in [0.25, 0.3) is 11.1 Å². The fourth-order valence-electron chi connectivity index (χ4n) is 4.03. The zero-order valence-electron chi connectivity index (χ0n) is 19.6. The largest absolute Gasteiger partial charge is 0.508 e. The van der Waals surface area contributed by atoms with Crippen molar-refractivity contribution in [2.24, 2.45) is 0 Å². The lowest BCUT2D eigenvalue weighted by Gasteiger charge is -2.18. The topological polar surface area (TPSA) is 80.2 Å². The van der Waals surface area contributed by atoms with E-state index in [1.165, 1.54) is 0 Å². The molecule has 178 valence electrons. The maximum Gasteiger partial charge on any atom is 0.231 e. The summed E-state index contributed by atoms with van der Waals surface area (Å²) in [6, 6.07) is 21.2. The van der Waals surface area contributed by atoms with Gasteiger partial charge in [-0.15, -0.1) is 0 Å². The number of phenols is 1. The molecule has 0 amide bonds. The van der Waals surface area contributed by atoms with E-state index in [9.17, 15) is 10.2 Å². The van der Waals surface area contributed by atoms with Gasteiger partial charge < -0.3 is 29.7 Å². The molecule has 0 aliphatic carbocycles. The number of allylic oxidation sites excluding steroid dienone is 1. The molecule has 0 saturated carbocycles. The number of aromatic hydroxyl groups is 1. The number of ether oxygens (including phenoxy) is 3. The zero-order valence-corrected chi connectivity index (χ0v) is 19.6. The first kappa shape index (κ1) is 23.7. The van der Waals surface area contributed by atoms with Gasteiger partial charge in [-0.2, -0.15) is 0 Å². The Labute approximate surface area is 200 Å². The van der Waals surface area contributed by atoms with Crippen molar-refractivity contribution in [2.75, 3.05) is 26.5 Å². The number of nitrogens with one attached hydrogen (secondary N) is 1. The second-order valence-electron chi connectivity index (χ2n) is 8.12. The van der Waals surface area contributed by atoms with Crippen LogP contribution in [-0.2, 0) is 0 Å². The smallest absolute Gasteiger partial charge is 0.231 e. The van der Waals surface area contributed by atoms with Crippen molar-refractivity contribution >= 4 is 11.1 Å². The molecule has 0 radical (unpaired) electrons. The number of aliphatic hydroxyl groups excluding tert-OH is 1. The number of phenolic OH excluding ortho intramolecular Hbond substituents is 1. The summed E-state index contributed by atoms with van der Waals surface area (Å²) in [6.07, 6.45) is 0.231. The fraction of sp³-hybridized carbons (Fsp3) is 0.286. The first-order chi connectivity index (χ1) is 16.6. The van der Waals surface area contributed by atoms with E-state index in [0.29, 0.717) is 12.3 Å². The summed E-state index contributed by atoms with van der Waals surface area (Å²) in [7, 11) is 0. The molecule has 4 rings (SSSR count). The molecule has 0 bridgehead atoms. The molecular formula is C28H31NO5. The van der Waals surface area contributed by atoms with Crippen molar-refractivity contribution in [1.29, 1.82) is 0 Å². The van der Waals surface area contributed by atoms with Crippen molar-refractivity contribution in [1.82, 2.24) is 5.32 Å². The van der Waals surface area contributed by atoms with Gasteiger partial charge >= 0.3 is 0 Å². The molecule has 1 aliphatic heterocycles. The van der Waals surface area contributed by atoms with E-state index in [-0.39, 0.29) is 19.1 Å². The van der Waals surface area contributed by atoms with Crippen LogP contribution in [0.1, 0.15) is 37.0 Å². The average molecular weight is 462 g/mol. The summed E-state index contributed by atoms with van der Waals surface area (Å²) in [6.45, 7) is 5.89. The van der Waals surface area contributed by atoms with E-state index in [4.69, 9.17) is 14.2 Å². The molecule has 0 aromatic heterocycles. The van der Waals surface area contributed by atoms with Gasteiger partial charge in [0.05, 0.1) is 0 Å². The van der Waals surface area contributed by atoms with Gasteiger partial charge in [0, 0.05) is 6.54 Å². The Hall–Kier alpha value is -3.48. The van der Waals surface area contributed by atoms with Crippen molar-refractivity contribution < 1.29 is 24.4 Å². The predicted molar refractivity (Wildman–Crippen MR) is 133 cm³/mol. The van der Waals surface area contributed by atoms with Crippen LogP contribution >= 0.6 is 0 Å². The first-order valence-electron chi connectivity index (χ1n) is 11.6. The number of likely N-dealkylation sites (N-methyl/N-ethyl adjacent to an activating group) is 1. The molecule has 0 fully saturated rings. The Morgan fingerprint density at radius 2 is 1.56 bits per heavy atom. The predicted octanol–water partition coefficient (Wildman–Crippen LogP) is 4.84. The van der Waals surface area contributed by atoms with Crippen LogP contribution in [0.15, 0.2) is 66.7 Å². The zero-order chi connectivity index (χ0) is 23.9. The molecule has 34 heavy (non-hydrogen) atoms. The molecular weight excluding hydrogens is 430 g/mol. The minimum Gasteiger partial charge on any atom is -0.508 e. The van der Waals surface area contributed by atoms with Gasteiger partial charge in [0.15, 0.2) is 11.5 Å². The summed E-state index contributed by atoms with van der Waals surface area (Å²) in [5.41, 5.74) is 5.31. The lowest BCUT2D eigenvalue weighted by molar-refractivity contribution is 0.107. The van der Waals surface area contributed by atoms with Gasteiger partial charge in [0.25, 0.3) is 0 Å². The van der Waals surface area contributed by atoms with Gasteiger partial charge in [-0.25, -0.2) is 0 Å². The van der Waals surface area contributed by atoms with Crippen LogP contribution in [0.2, 0.25) is 0 Å². The molecule has 0 saturated heterocycles. The Morgan fingerprint density at radius 3 is 2.24 bits per heavy atom. The number of hydrogen-bond acceptors (Lipinski definition) is 6. The quantitative estimate of drug-likeness (QED) is 0.375. The van der Waals surface area contributed by atoms with Gasteiger partial charge in [0.1, 0.15) is 24.2 Å². The highest BCUT2D eigenvalue weighted by Gasteiger charge is 2.18. The van der Waals surface area contributed by atoms with E-state index in [1.54, 1.807) is 12.1 Å². The number of hydrogen-bond donors (Lipinski definition) is 3. The molecule has 3 N–H and O–H groups in total. The molecule has 1 aliphatic rings. The Balaban J connectivity index is 1.68. The van der Waals surface area contributed by atoms with E-state index in [1.807, 2.05) is 55.5 Å². The Bertz CT molecular complexity index is 1120. The summed E-state index contributed by atoms with van der Waals surface area (Å²) in [4.78, 5) is 0. The molecule has 1 heterocycles. The highest BCUT2D eigenvalue weighted by molar-refractivity contribution is 5.99. The molecule has 0 spiro atoms. The van der Waals surface area contributed by atoms with Crippen LogP contribution in [0, 0.1) is 0 Å². The Morgan fingerprint density at radius 1 is 0.912 bits per heavy atom. The summed E-state index contributed by atoms with van der Waals surface area (Å²) >= 11 is 0. The summed E-state index contributed by atoms with van der Waals surface area (Å²) in [5.74, 6) is 2.42. The third kappa shape index (κ3) is 5.53. The van der Waals surface area contributed by atoms with Crippen LogP contribution in [0.3, 0.4) is 0 Å². The number of benzene rings is 3. The highest BCUT2D eigenvalue weighted by Crippen LogP contribution is 2.40. The molecule has 1 unspecified atom stereocenters. The molecule has 6 heteroatoms. The van der Waals surface area contributed by atoms with Crippen LogP contribution in [0.5, 0.6) is 23.0 Å². The second kappa shape index (κ2) is 11.1. The highest BCUT2D eigenvalue weighted by atomic mass is 16.7. The van der Waals surface area contributed by atoms with Crippen molar-refractivity contribution in [3.8, 4) is 23.0 Å². The third-order valence-electron chi connectivity index (χ3n) is 5.75. The molecule has 3 aromatic carbocycles. The lowest BCUT2D eigenvalue weighted by Crippen LogP contribution is -2.31. The van der Waals surface area contributed by atoms with Gasteiger partial charge in [-0.3, -0.25) is 0 Å². The normalized spacial score (nSPS) is 14.0. The lowest BCUT2D eigenvalue weighted by atomic mass is 9.88. The second-order valence-corrected chi connectivity index (χ2v) is 8.12. The van der Waals surface area contributed by atoms with E-state index in [2.05, 4.69) is 18.3 Å². The molecule has 1 atom stereocenters. The summed E-state index contributed by atoms with van der Waals surface area (Å²) < 4.78 is 16.9. The number of fused-ring (bicyclic) bond motifs is 1. The minimum atomic E-state index is -0.565. The number of rotatable bonds is 10. The van der Waals surface area contributed by atoms with Crippen LogP contribution < -0.4 is 19.5 Å². The van der Waals surface area contributed by atoms with Gasteiger partial charge in [0.2, 0.25) is 6.79 Å². The van der Waals surface area contributed by atoms with Gasteiger partial charge in [-0.1, -0.05) is 44.2 Å². The SMILES string of the molecule is CCNCC(O)COc1ccc(/C(=C(\CC)c2ccc3c(c2)OCO3)c2ccc(O)cc2)cc1. The average Bonchev–Trinajstić information content (AvgIpc) is 3.34. The standard InChI is InChI=1S/C28H31NO5/c1-3-25(21-9-14-26-27(15-21)34-18-33-26)28(19-5-10-22(30)11-6-19)20-7-12-24(13-8-20)32-17-23(31)16-29-4-2/h5-15,23,29-31H,3-4,16-18H2,1-2H3/b28-25+. The first-order valence-corrected chi connectivity index (χ1v) is 11.6. The number of aliphatic hydroxyl groups is 1. The third-order valence-corrected chi connectivity index (χ3v) is 5.75. The maximum atomic E-state index is 10.0. The maximum absolute atomic E-state index is 10.0. The fourth-order valence-corrected chi connectivity index (χ4v) is 4.03. The molecule has 6 nitrogen and oxygen atoms in total. The Kier molecular flexibility index (Phi) is 7.72. The van der Waals surface area contributed by atoms with E-state index >= 15 is 0 Å². The van der Waals surface area contributed by atoms with Crippen molar-refractivity contribution in [2.45, 2.75) is 26.4 Å². The van der Waals surface area contributed by atoms with Crippen molar-refractivity contribution in [3.05, 3.63) is 83.4 Å². The molecule has 3 aromatic rings. The van der Waals surface area contributed by atoms with Crippen LogP contribution in [0.4, 0.5) is 0 Å². The van der Waals surface area contributed by atoms with E-state index < -0.39 is 6.10 Å². The van der Waals surface area contributed by atoms with Gasteiger partial charge in [-0.05, 0) is 77.2 Å². The monoisotopic (exact) mass is 461 g/mol. The summed E-state index contributed by atoms with van der Waals surface area (Å²) in [5, 5.41) is 23.0. The van der Waals surface area contributed by atoms with Crippen molar-refractivity contribution in [3.63, 3.8) is 0 Å². The van der Waals surface area contributed by atoms with E-state index in [0.717, 1.165) is 52.3 Å². The minimum absolute atomic E-state index is 0.226.